The van der Waals surface area contributed by atoms with Gasteiger partial charge in [-0.25, -0.2) is 18.4 Å². The monoisotopic (exact) mass is 379 g/mol. The molecule has 0 radical (unpaired) electrons. The largest absolute Gasteiger partial charge is 0.378 e. The summed E-state index contributed by atoms with van der Waals surface area (Å²) in [6.07, 6.45) is 1.08. The smallest absolute Gasteiger partial charge is 0.224 e. The van der Waals surface area contributed by atoms with Crippen LogP contribution in [0.2, 0.25) is 5.28 Å². The second-order valence-corrected chi connectivity index (χ2v) is 8.89. The second-order valence-electron chi connectivity index (χ2n) is 6.29. The summed E-state index contributed by atoms with van der Waals surface area (Å²) in [4.78, 5) is 10.9. The van der Waals surface area contributed by atoms with Crippen molar-refractivity contribution in [1.82, 2.24) is 9.97 Å². The van der Waals surface area contributed by atoms with Gasteiger partial charge in [-0.3, -0.25) is 0 Å². The molecule has 0 unspecified atom stereocenters. The van der Waals surface area contributed by atoms with E-state index in [-0.39, 0.29) is 5.28 Å². The van der Waals surface area contributed by atoms with Gasteiger partial charge < -0.3 is 9.64 Å². The lowest BCUT2D eigenvalue weighted by Gasteiger charge is -2.28. The van der Waals surface area contributed by atoms with Crippen LogP contribution in [0.15, 0.2) is 41.3 Å². The van der Waals surface area contributed by atoms with Crippen molar-refractivity contribution in [3.8, 4) is 0 Å². The Morgan fingerprint density at radius 2 is 1.76 bits per heavy atom. The summed E-state index contributed by atoms with van der Waals surface area (Å²) < 4.78 is 30.7. The van der Waals surface area contributed by atoms with Gasteiger partial charge in [-0.1, -0.05) is 18.2 Å². The summed E-state index contributed by atoms with van der Waals surface area (Å²) in [5.41, 5.74) is 0.484. The van der Waals surface area contributed by atoms with E-state index in [1.807, 2.05) is 4.90 Å². The number of morpholine rings is 1. The molecule has 0 amide bonds. The van der Waals surface area contributed by atoms with Crippen LogP contribution in [-0.2, 0) is 19.3 Å². The molecule has 8 heteroatoms. The van der Waals surface area contributed by atoms with Crippen LogP contribution in [0.4, 0.5) is 5.82 Å². The highest BCUT2D eigenvalue weighted by atomic mass is 35.5. The molecule has 132 valence electrons. The molecule has 4 rings (SSSR count). The maximum absolute atomic E-state index is 13.2. The van der Waals surface area contributed by atoms with Crippen molar-refractivity contribution in [2.75, 3.05) is 31.2 Å². The molecule has 1 aromatic heterocycles. The van der Waals surface area contributed by atoms with Gasteiger partial charge in [-0.05, 0) is 36.6 Å². The van der Waals surface area contributed by atoms with E-state index in [0.717, 1.165) is 0 Å². The Kier molecular flexibility index (Phi) is 4.17. The summed E-state index contributed by atoms with van der Waals surface area (Å²) in [5.74, 6) is 0.660. The van der Waals surface area contributed by atoms with Crippen molar-refractivity contribution in [1.29, 1.82) is 0 Å². The van der Waals surface area contributed by atoms with E-state index in [1.54, 1.807) is 36.4 Å². The summed E-state index contributed by atoms with van der Waals surface area (Å²) >= 11 is 6.12. The Morgan fingerprint density at radius 3 is 2.40 bits per heavy atom. The number of ether oxygens (including phenoxy) is 1. The Labute approximate surface area is 151 Å². The fraction of sp³-hybridized carbons (Fsp3) is 0.412. The van der Waals surface area contributed by atoms with E-state index in [2.05, 4.69) is 9.97 Å². The highest BCUT2D eigenvalue weighted by Crippen LogP contribution is 2.55. The topological polar surface area (TPSA) is 72.4 Å². The summed E-state index contributed by atoms with van der Waals surface area (Å²) in [6, 6.07) is 10.3. The van der Waals surface area contributed by atoms with Crippen LogP contribution in [0.1, 0.15) is 18.5 Å². The third-order valence-electron chi connectivity index (χ3n) is 4.76. The molecule has 6 nitrogen and oxygen atoms in total. The van der Waals surface area contributed by atoms with E-state index in [0.29, 0.717) is 55.6 Å². The normalized spacial score (nSPS) is 19.6. The Bertz CT molecular complexity index is 879. The first-order chi connectivity index (χ1) is 12.0. The number of rotatable bonds is 4. The fourth-order valence-corrected chi connectivity index (χ4v) is 5.36. The van der Waals surface area contributed by atoms with Gasteiger partial charge in [0.25, 0.3) is 0 Å². The van der Waals surface area contributed by atoms with Crippen molar-refractivity contribution >= 4 is 27.3 Å². The van der Waals surface area contributed by atoms with Crippen molar-refractivity contribution in [3.63, 3.8) is 0 Å². The van der Waals surface area contributed by atoms with Crippen LogP contribution in [0.5, 0.6) is 0 Å². The Hall–Kier alpha value is -1.70. The molecule has 0 atom stereocenters. The lowest BCUT2D eigenvalue weighted by molar-refractivity contribution is 0.122. The van der Waals surface area contributed by atoms with Gasteiger partial charge in [-0.15, -0.1) is 0 Å². The zero-order valence-electron chi connectivity index (χ0n) is 13.6. The highest BCUT2D eigenvalue weighted by Gasteiger charge is 2.58. The number of anilines is 1. The molecule has 0 N–H and O–H groups in total. The van der Waals surface area contributed by atoms with Crippen LogP contribution in [-0.4, -0.2) is 44.7 Å². The number of aromatic nitrogens is 2. The molecule has 2 aromatic rings. The maximum atomic E-state index is 13.2. The molecular formula is C17H18ClN3O3S. The minimum atomic E-state index is -3.54. The first kappa shape index (κ1) is 16.8. The van der Waals surface area contributed by atoms with E-state index in [1.165, 1.54) is 0 Å². The van der Waals surface area contributed by atoms with Crippen LogP contribution < -0.4 is 4.90 Å². The number of hydrogen-bond donors (Lipinski definition) is 0. The first-order valence-electron chi connectivity index (χ1n) is 8.20. The molecular weight excluding hydrogens is 362 g/mol. The van der Waals surface area contributed by atoms with Crippen molar-refractivity contribution in [2.45, 2.75) is 22.5 Å². The molecule has 1 saturated carbocycles. The summed E-state index contributed by atoms with van der Waals surface area (Å²) in [7, 11) is -3.54. The lowest BCUT2D eigenvalue weighted by atomic mass is 10.2. The molecule has 1 aliphatic heterocycles. The number of nitrogens with zero attached hydrogens (tertiary/aromatic N) is 3. The van der Waals surface area contributed by atoms with E-state index >= 15 is 0 Å². The van der Waals surface area contributed by atoms with Crippen LogP contribution in [0, 0.1) is 0 Å². The third kappa shape index (κ3) is 2.90. The lowest BCUT2D eigenvalue weighted by Crippen LogP contribution is -2.37. The molecule has 2 aliphatic rings. The highest BCUT2D eigenvalue weighted by molar-refractivity contribution is 7.92. The van der Waals surface area contributed by atoms with Crippen molar-refractivity contribution in [2.24, 2.45) is 0 Å². The molecule has 0 spiro atoms. The molecule has 25 heavy (non-hydrogen) atoms. The summed E-state index contributed by atoms with van der Waals surface area (Å²) in [6.45, 7) is 2.63. The van der Waals surface area contributed by atoms with Gasteiger partial charge in [-0.2, -0.15) is 0 Å². The number of halogens is 1. The average Bonchev–Trinajstić information content (AvgIpc) is 3.45. The third-order valence-corrected chi connectivity index (χ3v) is 7.47. The summed E-state index contributed by atoms with van der Waals surface area (Å²) in [5, 5.41) is 0.0773. The predicted molar refractivity (Wildman–Crippen MR) is 94.6 cm³/mol. The maximum Gasteiger partial charge on any atom is 0.224 e. The molecule has 2 fully saturated rings. The van der Waals surface area contributed by atoms with Crippen LogP contribution in [0.3, 0.4) is 0 Å². The molecule has 1 saturated heterocycles. The van der Waals surface area contributed by atoms with Gasteiger partial charge in [0, 0.05) is 19.2 Å². The minimum Gasteiger partial charge on any atom is -0.378 e. The standard InChI is InChI=1S/C17H18ClN3O3S/c18-16-19-14(12-15(20-16)21-8-10-24-11-9-21)17(6-7-17)25(22,23)13-4-2-1-3-5-13/h1-5,12H,6-11H2. The van der Waals surface area contributed by atoms with Crippen LogP contribution in [0.25, 0.3) is 0 Å². The molecule has 1 aromatic carbocycles. The van der Waals surface area contributed by atoms with E-state index < -0.39 is 14.6 Å². The number of benzene rings is 1. The fourth-order valence-electron chi connectivity index (χ4n) is 3.19. The molecule has 1 aliphatic carbocycles. The first-order valence-corrected chi connectivity index (χ1v) is 10.1. The van der Waals surface area contributed by atoms with E-state index in [4.69, 9.17) is 16.3 Å². The van der Waals surface area contributed by atoms with Crippen LogP contribution >= 0.6 is 11.6 Å². The van der Waals surface area contributed by atoms with Crippen molar-refractivity contribution < 1.29 is 13.2 Å². The van der Waals surface area contributed by atoms with Gasteiger partial charge in [0.2, 0.25) is 5.28 Å². The van der Waals surface area contributed by atoms with Gasteiger partial charge in [0.05, 0.1) is 23.8 Å². The zero-order valence-corrected chi connectivity index (χ0v) is 15.1. The average molecular weight is 380 g/mol. The minimum absolute atomic E-state index is 0.0773. The zero-order chi connectivity index (χ0) is 17.5. The number of hydrogen-bond acceptors (Lipinski definition) is 6. The molecule has 2 heterocycles. The Balaban J connectivity index is 1.75. The SMILES string of the molecule is O=S(=O)(c1ccccc1)C1(c2cc(N3CCOCC3)nc(Cl)n2)CC1. The van der Waals surface area contributed by atoms with Gasteiger partial charge >= 0.3 is 0 Å². The number of sulfone groups is 1. The molecule has 0 bridgehead atoms. The Morgan fingerprint density at radius 1 is 1.08 bits per heavy atom. The van der Waals surface area contributed by atoms with Gasteiger partial charge in [0.15, 0.2) is 9.84 Å². The quantitative estimate of drug-likeness (QED) is 0.760. The van der Waals surface area contributed by atoms with Crippen molar-refractivity contribution in [3.05, 3.63) is 47.4 Å². The van der Waals surface area contributed by atoms with Gasteiger partial charge in [0.1, 0.15) is 10.6 Å². The predicted octanol–water partition coefficient (Wildman–Crippen LogP) is 2.43. The second kappa shape index (κ2) is 6.23. The van der Waals surface area contributed by atoms with E-state index in [9.17, 15) is 8.42 Å².